The molecule has 1 spiro atoms. The quantitative estimate of drug-likeness (QED) is 0.513. The molecule has 4 rings (SSSR count). The molecule has 1 aliphatic carbocycles. The van der Waals surface area contributed by atoms with E-state index in [1.807, 2.05) is 4.90 Å². The second-order valence-electron chi connectivity index (χ2n) is 8.20. The number of carbonyl (C=O) groups is 1. The van der Waals surface area contributed by atoms with Gasteiger partial charge in [0.1, 0.15) is 10.7 Å². The summed E-state index contributed by atoms with van der Waals surface area (Å²) in [5, 5.41) is 9.49. The zero-order chi connectivity index (χ0) is 25.2. The van der Waals surface area contributed by atoms with Crippen LogP contribution in [-0.2, 0) is 11.0 Å². The third kappa shape index (κ3) is 5.42. The molecule has 0 bridgehead atoms. The number of aliphatic carboxylic acids is 1. The van der Waals surface area contributed by atoms with Crippen LogP contribution in [0, 0.1) is 0 Å². The highest BCUT2D eigenvalue weighted by molar-refractivity contribution is 7.99. The van der Waals surface area contributed by atoms with Crippen molar-refractivity contribution in [3.63, 3.8) is 0 Å². The minimum Gasteiger partial charge on any atom is -0.478 e. The predicted molar refractivity (Wildman–Crippen MR) is 128 cm³/mol. The van der Waals surface area contributed by atoms with Gasteiger partial charge < -0.3 is 16.6 Å². The van der Waals surface area contributed by atoms with Crippen molar-refractivity contribution in [2.75, 3.05) is 4.90 Å². The SMILES string of the molecule is NC1=NC2(CCCCC2)N(c2ccc(Sc3ccc(C(F)(F)F)cn3)c(C=CC(=O)O)c2)C(N)=N1. The number of hydrogen-bond donors (Lipinski definition) is 3. The summed E-state index contributed by atoms with van der Waals surface area (Å²) in [6.07, 6.45) is 3.12. The van der Waals surface area contributed by atoms with Crippen molar-refractivity contribution >= 4 is 41.4 Å². The zero-order valence-corrected chi connectivity index (χ0v) is 19.3. The van der Waals surface area contributed by atoms with Crippen LogP contribution >= 0.6 is 11.8 Å². The molecule has 184 valence electrons. The van der Waals surface area contributed by atoms with E-state index in [0.717, 1.165) is 62.2 Å². The maximum absolute atomic E-state index is 12.9. The van der Waals surface area contributed by atoms with Gasteiger partial charge in [0.15, 0.2) is 0 Å². The predicted octanol–water partition coefficient (Wildman–Crippen LogP) is 4.46. The fraction of sp³-hybridized carbons (Fsp3) is 0.304. The summed E-state index contributed by atoms with van der Waals surface area (Å²) >= 11 is 1.12. The Bertz CT molecular complexity index is 1200. The fourth-order valence-corrected chi connectivity index (χ4v) is 5.12. The van der Waals surface area contributed by atoms with E-state index in [4.69, 9.17) is 16.6 Å². The van der Waals surface area contributed by atoms with Gasteiger partial charge in [-0.3, -0.25) is 4.90 Å². The van der Waals surface area contributed by atoms with Gasteiger partial charge in [-0.15, -0.1) is 0 Å². The highest BCUT2D eigenvalue weighted by Gasteiger charge is 2.42. The summed E-state index contributed by atoms with van der Waals surface area (Å²) in [6.45, 7) is 0. The Hall–Kier alpha value is -3.54. The summed E-state index contributed by atoms with van der Waals surface area (Å²) in [5.74, 6) is -0.830. The molecule has 5 N–H and O–H groups in total. The maximum atomic E-state index is 12.9. The molecule has 2 heterocycles. The van der Waals surface area contributed by atoms with Crippen molar-refractivity contribution < 1.29 is 23.1 Å². The van der Waals surface area contributed by atoms with E-state index in [9.17, 15) is 18.0 Å². The standard InChI is InChI=1S/C23H23F3N6O2S/c24-23(25,26)15-5-8-18(29-13-15)35-17-7-6-16(12-14(17)4-9-19(33)34)32-21(28)30-20(27)31-22(32)10-2-1-3-11-22/h4-9,12-13H,1-3,10-11H2,(H,33,34)(H4,27,28,30,31). The number of hydrogen-bond acceptors (Lipinski definition) is 8. The van der Waals surface area contributed by atoms with E-state index in [0.29, 0.717) is 21.2 Å². The van der Waals surface area contributed by atoms with Gasteiger partial charge in [0.05, 0.1) is 5.56 Å². The van der Waals surface area contributed by atoms with Crippen molar-refractivity contribution in [3.8, 4) is 0 Å². The van der Waals surface area contributed by atoms with Gasteiger partial charge in [0, 0.05) is 22.9 Å². The van der Waals surface area contributed by atoms with Gasteiger partial charge in [-0.1, -0.05) is 18.2 Å². The minimum absolute atomic E-state index is 0.118. The van der Waals surface area contributed by atoms with E-state index in [1.165, 1.54) is 12.1 Å². The number of benzene rings is 1. The summed E-state index contributed by atoms with van der Waals surface area (Å²) in [6, 6.07) is 7.51. The van der Waals surface area contributed by atoms with Crippen LogP contribution in [0.3, 0.4) is 0 Å². The number of aliphatic imine (C=N–C) groups is 2. The van der Waals surface area contributed by atoms with Crippen molar-refractivity contribution in [2.45, 2.75) is 53.9 Å². The molecule has 1 saturated carbocycles. The number of pyridine rings is 1. The number of anilines is 1. The zero-order valence-electron chi connectivity index (χ0n) is 18.5. The van der Waals surface area contributed by atoms with Crippen LogP contribution in [0.1, 0.15) is 43.2 Å². The number of nitrogens with zero attached hydrogens (tertiary/aromatic N) is 4. The van der Waals surface area contributed by atoms with Crippen LogP contribution in [0.25, 0.3) is 6.08 Å². The molecular weight excluding hydrogens is 481 g/mol. The van der Waals surface area contributed by atoms with Gasteiger partial charge >= 0.3 is 12.1 Å². The van der Waals surface area contributed by atoms with Gasteiger partial charge in [-0.25, -0.2) is 14.8 Å². The van der Waals surface area contributed by atoms with Crippen molar-refractivity contribution in [1.82, 2.24) is 4.98 Å². The summed E-state index contributed by atoms with van der Waals surface area (Å²) < 4.78 is 38.6. The number of guanidine groups is 2. The van der Waals surface area contributed by atoms with Gasteiger partial charge in [0.25, 0.3) is 0 Å². The van der Waals surface area contributed by atoms with Crippen LogP contribution in [0.2, 0.25) is 0 Å². The van der Waals surface area contributed by atoms with Crippen LogP contribution in [0.15, 0.2) is 62.5 Å². The number of carboxylic acids is 1. The lowest BCUT2D eigenvalue weighted by atomic mass is 9.87. The molecule has 1 aromatic heterocycles. The Morgan fingerprint density at radius 3 is 2.51 bits per heavy atom. The summed E-state index contributed by atoms with van der Waals surface area (Å²) in [7, 11) is 0. The third-order valence-corrected chi connectivity index (χ3v) is 6.83. The van der Waals surface area contributed by atoms with Crippen molar-refractivity contribution in [1.29, 1.82) is 0 Å². The summed E-state index contributed by atoms with van der Waals surface area (Å²) in [5.41, 5.74) is 11.9. The molecule has 2 aliphatic rings. The number of rotatable bonds is 5. The lowest BCUT2D eigenvalue weighted by Crippen LogP contribution is -2.58. The minimum atomic E-state index is -4.48. The van der Waals surface area contributed by atoms with Crippen molar-refractivity contribution in [3.05, 3.63) is 53.7 Å². The number of alkyl halides is 3. The number of halogens is 3. The van der Waals surface area contributed by atoms with Crippen LogP contribution in [0.4, 0.5) is 18.9 Å². The molecule has 12 heteroatoms. The second kappa shape index (κ2) is 9.61. The number of aromatic nitrogens is 1. The number of nitrogens with two attached hydrogens (primary N) is 2. The molecule has 1 aliphatic heterocycles. The van der Waals surface area contributed by atoms with Crippen LogP contribution in [-0.4, -0.2) is 33.6 Å². The highest BCUT2D eigenvalue weighted by atomic mass is 32.2. The van der Waals surface area contributed by atoms with Gasteiger partial charge in [0.2, 0.25) is 11.9 Å². The molecule has 0 radical (unpaired) electrons. The molecule has 0 unspecified atom stereocenters. The van der Waals surface area contributed by atoms with E-state index >= 15 is 0 Å². The highest BCUT2D eigenvalue weighted by Crippen LogP contribution is 2.41. The molecule has 2 aromatic rings. The normalized spacial score (nSPS) is 18.0. The Morgan fingerprint density at radius 1 is 1.14 bits per heavy atom. The van der Waals surface area contributed by atoms with E-state index in [-0.39, 0.29) is 11.9 Å². The molecule has 1 aromatic carbocycles. The largest absolute Gasteiger partial charge is 0.478 e. The Labute approximate surface area is 203 Å². The molecule has 0 atom stereocenters. The van der Waals surface area contributed by atoms with E-state index in [2.05, 4.69) is 15.0 Å². The first-order valence-electron chi connectivity index (χ1n) is 10.8. The first kappa shape index (κ1) is 24.6. The molecule has 0 amide bonds. The Kier molecular flexibility index (Phi) is 6.75. The molecule has 0 saturated heterocycles. The lowest BCUT2D eigenvalue weighted by Gasteiger charge is -2.45. The molecule has 1 fully saturated rings. The van der Waals surface area contributed by atoms with E-state index in [1.54, 1.807) is 18.2 Å². The average Bonchev–Trinajstić information content (AvgIpc) is 2.78. The maximum Gasteiger partial charge on any atom is 0.417 e. The van der Waals surface area contributed by atoms with Gasteiger partial charge in [-0.05, 0) is 67.7 Å². The third-order valence-electron chi connectivity index (χ3n) is 5.79. The van der Waals surface area contributed by atoms with Crippen LogP contribution in [0.5, 0.6) is 0 Å². The smallest absolute Gasteiger partial charge is 0.417 e. The fourth-order valence-electron chi connectivity index (χ4n) is 4.28. The Balaban J connectivity index is 1.72. The monoisotopic (exact) mass is 504 g/mol. The van der Waals surface area contributed by atoms with E-state index < -0.39 is 23.4 Å². The topological polar surface area (TPSA) is 130 Å². The van der Waals surface area contributed by atoms with Crippen molar-refractivity contribution in [2.24, 2.45) is 21.5 Å². The molecule has 35 heavy (non-hydrogen) atoms. The Morgan fingerprint density at radius 2 is 1.89 bits per heavy atom. The van der Waals surface area contributed by atoms with Crippen LogP contribution < -0.4 is 16.4 Å². The first-order chi connectivity index (χ1) is 16.6. The summed E-state index contributed by atoms with van der Waals surface area (Å²) in [4.78, 5) is 26.3. The first-order valence-corrected chi connectivity index (χ1v) is 11.6. The molecule has 8 nitrogen and oxygen atoms in total. The lowest BCUT2D eigenvalue weighted by molar-refractivity contribution is -0.138. The average molecular weight is 505 g/mol. The number of carboxylic acid groups (broad SMARTS) is 1. The second-order valence-corrected chi connectivity index (χ2v) is 9.26. The molecular formula is C23H23F3N6O2S. The van der Waals surface area contributed by atoms with Gasteiger partial charge in [-0.2, -0.15) is 18.2 Å².